The molecular weight excluding hydrogens is 362 g/mol. The normalized spacial score (nSPS) is 17.1. The third-order valence-electron chi connectivity index (χ3n) is 5.06. The van der Waals surface area contributed by atoms with Gasteiger partial charge in [-0.2, -0.15) is 10.2 Å². The first-order valence-corrected chi connectivity index (χ1v) is 9.88. The highest BCUT2D eigenvalue weighted by molar-refractivity contribution is 7.09. The maximum Gasteiger partial charge on any atom is 0.253 e. The first-order chi connectivity index (χ1) is 13.0. The van der Waals surface area contributed by atoms with Gasteiger partial charge in [-0.3, -0.25) is 19.1 Å². The number of nitrogens with one attached hydrogen (secondary N) is 1. The van der Waals surface area contributed by atoms with Gasteiger partial charge in [0.05, 0.1) is 10.7 Å². The van der Waals surface area contributed by atoms with E-state index in [1.54, 1.807) is 33.0 Å². The molecule has 0 unspecified atom stereocenters. The molecule has 3 aromatic heterocycles. The molecule has 0 aromatic carbocycles. The van der Waals surface area contributed by atoms with E-state index in [4.69, 9.17) is 0 Å². The van der Waals surface area contributed by atoms with Crippen LogP contribution in [0.1, 0.15) is 23.5 Å². The van der Waals surface area contributed by atoms with Crippen LogP contribution < -0.4 is 5.32 Å². The number of rotatable bonds is 5. The van der Waals surface area contributed by atoms with Crippen LogP contribution in [-0.2, 0) is 23.9 Å². The van der Waals surface area contributed by atoms with Gasteiger partial charge in [-0.05, 0) is 25.8 Å². The molecule has 0 saturated carbocycles. The lowest BCUT2D eigenvalue weighted by atomic mass is 9.86. The van der Waals surface area contributed by atoms with E-state index < -0.39 is 5.54 Å². The Hall–Kier alpha value is -2.52. The van der Waals surface area contributed by atoms with Gasteiger partial charge in [0, 0.05) is 56.7 Å². The van der Waals surface area contributed by atoms with Crippen LogP contribution >= 0.6 is 11.3 Å². The van der Waals surface area contributed by atoms with Crippen molar-refractivity contribution in [3.63, 3.8) is 0 Å². The molecule has 1 aliphatic rings. The molecule has 1 amide bonds. The van der Waals surface area contributed by atoms with E-state index in [1.165, 1.54) is 0 Å². The van der Waals surface area contributed by atoms with Crippen molar-refractivity contribution in [2.24, 2.45) is 7.05 Å². The summed E-state index contributed by atoms with van der Waals surface area (Å²) in [7, 11) is 1.83. The molecule has 8 nitrogen and oxygen atoms in total. The standard InChI is InChI=1S/C18H23N7OS/c1-14-20-15(13-27-14)12-24-10-5-18(6-11-24,25-8-3-7-19-25)17(26)21-16-4-9-23(2)22-16/h3-4,7-9,13H,5-6,10-12H2,1-2H3,(H,21,22,26). The SMILES string of the molecule is Cc1nc(CN2CCC(C(=O)Nc3ccn(C)n3)(n3cccn3)CC2)cs1. The third-order valence-corrected chi connectivity index (χ3v) is 5.88. The largest absolute Gasteiger partial charge is 0.307 e. The smallest absolute Gasteiger partial charge is 0.253 e. The number of aromatic nitrogens is 5. The minimum absolute atomic E-state index is 0.0611. The Morgan fingerprint density at radius 2 is 2.15 bits per heavy atom. The summed E-state index contributed by atoms with van der Waals surface area (Å²) < 4.78 is 3.48. The molecule has 142 valence electrons. The van der Waals surface area contributed by atoms with Crippen molar-refractivity contribution in [1.29, 1.82) is 0 Å². The van der Waals surface area contributed by atoms with Crippen LogP contribution in [-0.4, -0.2) is 48.4 Å². The number of likely N-dealkylation sites (tertiary alicyclic amines) is 1. The lowest BCUT2D eigenvalue weighted by Gasteiger charge is -2.40. The van der Waals surface area contributed by atoms with Crippen LogP contribution in [0.2, 0.25) is 0 Å². The van der Waals surface area contributed by atoms with Crippen molar-refractivity contribution in [3.8, 4) is 0 Å². The molecule has 4 rings (SSSR count). The first-order valence-electron chi connectivity index (χ1n) is 9.00. The monoisotopic (exact) mass is 385 g/mol. The Morgan fingerprint density at radius 3 is 2.74 bits per heavy atom. The lowest BCUT2D eigenvalue weighted by Crippen LogP contribution is -2.53. The molecule has 1 saturated heterocycles. The van der Waals surface area contributed by atoms with Crippen molar-refractivity contribution in [3.05, 3.63) is 46.8 Å². The van der Waals surface area contributed by atoms with E-state index in [0.717, 1.165) is 30.3 Å². The van der Waals surface area contributed by atoms with E-state index in [1.807, 2.05) is 32.4 Å². The van der Waals surface area contributed by atoms with Crippen LogP contribution in [0.4, 0.5) is 5.82 Å². The number of anilines is 1. The number of carbonyl (C=O) groups is 1. The van der Waals surface area contributed by atoms with Gasteiger partial charge in [-0.25, -0.2) is 4.98 Å². The van der Waals surface area contributed by atoms with Crippen molar-refractivity contribution in [2.75, 3.05) is 18.4 Å². The molecule has 0 bridgehead atoms. The average Bonchev–Trinajstić information content (AvgIpc) is 3.39. The third kappa shape index (κ3) is 3.65. The highest BCUT2D eigenvalue weighted by atomic mass is 32.1. The van der Waals surface area contributed by atoms with Gasteiger partial charge in [0.25, 0.3) is 5.91 Å². The molecule has 3 aromatic rings. The molecule has 1 fully saturated rings. The van der Waals surface area contributed by atoms with Crippen LogP contribution in [0.25, 0.3) is 0 Å². The summed E-state index contributed by atoms with van der Waals surface area (Å²) in [5.41, 5.74) is 0.400. The minimum Gasteiger partial charge on any atom is -0.307 e. The second kappa shape index (κ2) is 7.24. The van der Waals surface area contributed by atoms with Crippen molar-refractivity contribution in [1.82, 2.24) is 29.4 Å². The van der Waals surface area contributed by atoms with Crippen LogP contribution in [0.5, 0.6) is 0 Å². The van der Waals surface area contributed by atoms with E-state index in [0.29, 0.717) is 18.7 Å². The number of hydrogen-bond donors (Lipinski definition) is 1. The molecule has 1 aliphatic heterocycles. The van der Waals surface area contributed by atoms with Crippen molar-refractivity contribution in [2.45, 2.75) is 31.8 Å². The summed E-state index contributed by atoms with van der Waals surface area (Å²) in [6.07, 6.45) is 6.79. The quantitative estimate of drug-likeness (QED) is 0.727. The van der Waals surface area contributed by atoms with Crippen LogP contribution in [0.3, 0.4) is 0 Å². The summed E-state index contributed by atoms with van der Waals surface area (Å²) in [5.74, 6) is 0.503. The molecule has 0 radical (unpaired) electrons. The first kappa shape index (κ1) is 17.9. The van der Waals surface area contributed by atoms with E-state index >= 15 is 0 Å². The maximum atomic E-state index is 13.2. The molecule has 4 heterocycles. The second-order valence-corrected chi connectivity index (χ2v) is 8.01. The molecule has 0 aliphatic carbocycles. The van der Waals surface area contributed by atoms with Crippen LogP contribution in [0.15, 0.2) is 36.1 Å². The Labute approximate surface area is 161 Å². The zero-order valence-corrected chi connectivity index (χ0v) is 16.3. The molecule has 0 spiro atoms. The second-order valence-electron chi connectivity index (χ2n) is 6.94. The van der Waals surface area contributed by atoms with Gasteiger partial charge in [-0.1, -0.05) is 0 Å². The number of hydrogen-bond acceptors (Lipinski definition) is 6. The van der Waals surface area contributed by atoms with Gasteiger partial charge in [0.15, 0.2) is 5.82 Å². The zero-order chi connectivity index (χ0) is 18.9. The molecule has 1 N–H and O–H groups in total. The topological polar surface area (TPSA) is 80.9 Å². The summed E-state index contributed by atoms with van der Waals surface area (Å²) >= 11 is 1.67. The fourth-order valence-corrected chi connectivity index (χ4v) is 4.19. The molecule has 9 heteroatoms. The van der Waals surface area contributed by atoms with Gasteiger partial charge in [0.2, 0.25) is 0 Å². The van der Waals surface area contributed by atoms with Crippen LogP contribution in [0, 0.1) is 6.92 Å². The Morgan fingerprint density at radius 1 is 1.33 bits per heavy atom. The van der Waals surface area contributed by atoms with E-state index in [2.05, 4.69) is 30.8 Å². The summed E-state index contributed by atoms with van der Waals surface area (Å²) in [5, 5.41) is 14.8. The van der Waals surface area contributed by atoms with E-state index in [-0.39, 0.29) is 5.91 Å². The average molecular weight is 385 g/mol. The number of thiazole rings is 1. The summed E-state index contributed by atoms with van der Waals surface area (Å²) in [6, 6.07) is 3.66. The van der Waals surface area contributed by atoms with Gasteiger partial charge in [0.1, 0.15) is 5.54 Å². The van der Waals surface area contributed by atoms with E-state index in [9.17, 15) is 4.79 Å². The molecule has 27 heavy (non-hydrogen) atoms. The number of piperidine rings is 1. The Balaban J connectivity index is 1.50. The zero-order valence-electron chi connectivity index (χ0n) is 15.5. The van der Waals surface area contributed by atoms with Gasteiger partial charge in [-0.15, -0.1) is 11.3 Å². The van der Waals surface area contributed by atoms with Crippen molar-refractivity contribution < 1.29 is 4.79 Å². The lowest BCUT2D eigenvalue weighted by molar-refractivity contribution is -0.127. The minimum atomic E-state index is -0.699. The molecular formula is C18H23N7OS. The predicted octanol–water partition coefficient (Wildman–Crippen LogP) is 2.01. The number of aryl methyl sites for hydroxylation is 2. The number of amides is 1. The summed E-state index contributed by atoms with van der Waals surface area (Å²) in [6.45, 7) is 4.47. The number of carbonyl (C=O) groups excluding carboxylic acids is 1. The number of nitrogens with zero attached hydrogens (tertiary/aromatic N) is 6. The Bertz CT molecular complexity index is 906. The maximum absolute atomic E-state index is 13.2. The fourth-order valence-electron chi connectivity index (χ4n) is 3.59. The summed E-state index contributed by atoms with van der Waals surface area (Å²) in [4.78, 5) is 20.1. The fraction of sp³-hybridized carbons (Fsp3) is 0.444. The highest BCUT2D eigenvalue weighted by Crippen LogP contribution is 2.32. The highest BCUT2D eigenvalue weighted by Gasteiger charge is 2.44. The Kier molecular flexibility index (Phi) is 4.79. The van der Waals surface area contributed by atoms with Gasteiger partial charge >= 0.3 is 0 Å². The molecule has 0 atom stereocenters. The van der Waals surface area contributed by atoms with Crippen molar-refractivity contribution >= 4 is 23.1 Å². The predicted molar refractivity (Wildman–Crippen MR) is 103 cm³/mol. The van der Waals surface area contributed by atoms with Gasteiger partial charge < -0.3 is 5.32 Å².